The lowest BCUT2D eigenvalue weighted by Crippen LogP contribution is -2.24. The third-order valence-electron chi connectivity index (χ3n) is 6.18. The summed E-state index contributed by atoms with van der Waals surface area (Å²) in [5, 5.41) is 7.42. The van der Waals surface area contributed by atoms with Gasteiger partial charge >= 0.3 is 0 Å². The zero-order valence-corrected chi connectivity index (χ0v) is 19.3. The Morgan fingerprint density at radius 2 is 1.88 bits per heavy atom. The number of hydrogen-bond acceptors (Lipinski definition) is 3. The first kappa shape index (κ1) is 22.7. The smallest absolute Gasteiger partial charge is 0.227 e. The Hall–Kier alpha value is -3.48. The van der Waals surface area contributed by atoms with Gasteiger partial charge in [-0.2, -0.15) is 5.10 Å². The topological polar surface area (TPSA) is 67.2 Å². The van der Waals surface area contributed by atoms with Gasteiger partial charge in [0.05, 0.1) is 17.9 Å². The van der Waals surface area contributed by atoms with Crippen LogP contribution in [-0.4, -0.2) is 28.1 Å². The van der Waals surface area contributed by atoms with Gasteiger partial charge in [0.2, 0.25) is 11.8 Å². The molecule has 1 aliphatic rings. The Labute approximate surface area is 193 Å². The van der Waals surface area contributed by atoms with E-state index in [2.05, 4.69) is 41.6 Å². The molecule has 1 fully saturated rings. The van der Waals surface area contributed by atoms with Crippen molar-refractivity contribution in [3.05, 3.63) is 76.4 Å². The Morgan fingerprint density at radius 3 is 2.55 bits per heavy atom. The third-order valence-corrected chi connectivity index (χ3v) is 6.18. The minimum atomic E-state index is -0.507. The van der Waals surface area contributed by atoms with E-state index in [1.807, 2.05) is 18.5 Å². The van der Waals surface area contributed by atoms with Gasteiger partial charge in [-0.1, -0.05) is 29.8 Å². The summed E-state index contributed by atoms with van der Waals surface area (Å²) in [6.45, 7) is 7.25. The average Bonchev–Trinajstić information content (AvgIpc) is 3.31. The van der Waals surface area contributed by atoms with E-state index in [1.54, 1.807) is 12.1 Å². The zero-order valence-electron chi connectivity index (χ0n) is 19.3. The fourth-order valence-corrected chi connectivity index (χ4v) is 4.28. The molecule has 0 spiro atoms. The molecule has 33 heavy (non-hydrogen) atoms. The molecule has 0 bridgehead atoms. The van der Waals surface area contributed by atoms with E-state index >= 15 is 0 Å². The monoisotopic (exact) mass is 448 g/mol. The zero-order chi connectivity index (χ0) is 23.5. The molecule has 172 valence electrons. The highest BCUT2D eigenvalue weighted by atomic mass is 19.1. The van der Waals surface area contributed by atoms with E-state index < -0.39 is 5.82 Å². The number of anilines is 2. The van der Waals surface area contributed by atoms with Crippen LogP contribution in [0.5, 0.6) is 0 Å². The molecule has 2 heterocycles. The van der Waals surface area contributed by atoms with Crippen molar-refractivity contribution < 1.29 is 14.0 Å². The van der Waals surface area contributed by atoms with Gasteiger partial charge in [-0.25, -0.2) is 4.39 Å². The molecule has 6 nitrogen and oxygen atoms in total. The van der Waals surface area contributed by atoms with E-state index in [-0.39, 0.29) is 23.9 Å². The van der Waals surface area contributed by atoms with Crippen molar-refractivity contribution in [2.45, 2.75) is 53.0 Å². The summed E-state index contributed by atoms with van der Waals surface area (Å²) in [4.78, 5) is 25.8. The maximum Gasteiger partial charge on any atom is 0.227 e. The molecule has 7 heteroatoms. The maximum absolute atomic E-state index is 14.5. The van der Waals surface area contributed by atoms with E-state index in [9.17, 15) is 14.0 Å². The first-order chi connectivity index (χ1) is 15.8. The first-order valence-corrected chi connectivity index (χ1v) is 11.3. The van der Waals surface area contributed by atoms with Crippen LogP contribution < -0.4 is 10.2 Å². The fraction of sp³-hybridized carbons (Fsp3) is 0.346. The van der Waals surface area contributed by atoms with Gasteiger partial charge in [0.1, 0.15) is 5.82 Å². The summed E-state index contributed by atoms with van der Waals surface area (Å²) in [5.74, 6) is -0.768. The number of rotatable bonds is 7. The number of aryl methyl sites for hydroxylation is 2. The van der Waals surface area contributed by atoms with Crippen molar-refractivity contribution in [1.29, 1.82) is 0 Å². The molecule has 1 aromatic heterocycles. The molecule has 0 unspecified atom stereocenters. The van der Waals surface area contributed by atoms with Crippen molar-refractivity contribution in [1.82, 2.24) is 9.78 Å². The van der Waals surface area contributed by atoms with E-state index in [4.69, 9.17) is 0 Å². The Bertz CT molecular complexity index is 1180. The molecule has 0 radical (unpaired) electrons. The lowest BCUT2D eigenvalue weighted by molar-refractivity contribution is -0.117. The number of hydrogen-bond donors (Lipinski definition) is 1. The van der Waals surface area contributed by atoms with Gasteiger partial charge in [0.15, 0.2) is 0 Å². The van der Waals surface area contributed by atoms with Crippen LogP contribution in [0.4, 0.5) is 15.8 Å². The van der Waals surface area contributed by atoms with Crippen LogP contribution >= 0.6 is 0 Å². The number of halogens is 1. The number of nitrogens with zero attached hydrogens (tertiary/aromatic N) is 3. The lowest BCUT2D eigenvalue weighted by atomic mass is 10.1. The van der Waals surface area contributed by atoms with Crippen LogP contribution in [0, 0.1) is 26.6 Å². The van der Waals surface area contributed by atoms with Gasteiger partial charge in [-0.05, 0) is 62.9 Å². The van der Waals surface area contributed by atoms with Gasteiger partial charge in [-0.15, -0.1) is 0 Å². The van der Waals surface area contributed by atoms with Crippen molar-refractivity contribution in [3.8, 4) is 0 Å². The number of carbonyl (C=O) groups is 2. The molecule has 1 N–H and O–H groups in total. The fourth-order valence-electron chi connectivity index (χ4n) is 4.28. The van der Waals surface area contributed by atoms with Crippen LogP contribution in [0.1, 0.15) is 47.3 Å². The second kappa shape index (κ2) is 9.57. The van der Waals surface area contributed by atoms with Crippen molar-refractivity contribution in [2.24, 2.45) is 0 Å². The molecule has 2 aromatic carbocycles. The quantitative estimate of drug-likeness (QED) is 0.570. The minimum Gasteiger partial charge on any atom is -0.326 e. The molecule has 2 amide bonds. The van der Waals surface area contributed by atoms with E-state index in [0.717, 1.165) is 23.4 Å². The minimum absolute atomic E-state index is 0.0700. The number of benzene rings is 2. The number of amides is 2. The molecule has 0 saturated carbocycles. The molecule has 4 rings (SSSR count). The summed E-state index contributed by atoms with van der Waals surface area (Å²) < 4.78 is 16.5. The summed E-state index contributed by atoms with van der Waals surface area (Å²) in [6.07, 6.45) is 2.00. The highest BCUT2D eigenvalue weighted by Crippen LogP contribution is 2.27. The van der Waals surface area contributed by atoms with Crippen molar-refractivity contribution in [3.63, 3.8) is 0 Å². The molecule has 0 atom stereocenters. The van der Waals surface area contributed by atoms with Gasteiger partial charge in [0.25, 0.3) is 0 Å². The van der Waals surface area contributed by atoms with Crippen LogP contribution in [0.15, 0.2) is 42.5 Å². The maximum atomic E-state index is 14.5. The summed E-state index contributed by atoms with van der Waals surface area (Å²) >= 11 is 0. The summed E-state index contributed by atoms with van der Waals surface area (Å²) in [7, 11) is 0. The molecular formula is C26H29FN4O2. The number of aromatic nitrogens is 2. The second-order valence-corrected chi connectivity index (χ2v) is 8.66. The summed E-state index contributed by atoms with van der Waals surface area (Å²) in [6, 6.07) is 12.8. The Kier molecular flexibility index (Phi) is 6.58. The van der Waals surface area contributed by atoms with E-state index in [1.165, 1.54) is 22.1 Å². The number of nitrogens with one attached hydrogen (secondary N) is 1. The van der Waals surface area contributed by atoms with Gasteiger partial charge in [-0.3, -0.25) is 14.3 Å². The van der Waals surface area contributed by atoms with E-state index in [0.29, 0.717) is 31.6 Å². The molecule has 1 saturated heterocycles. The van der Waals surface area contributed by atoms with Gasteiger partial charge in [0, 0.05) is 30.8 Å². The normalized spacial score (nSPS) is 13.6. The molecular weight excluding hydrogens is 419 g/mol. The standard InChI is InChI=1S/C26H29FN4O2/c1-17-6-8-20(9-7-17)16-31-19(3)22(18(2)29-31)11-13-25(32)28-21-10-12-24(23(27)15-21)30-14-4-5-26(30)33/h6-10,12,15H,4-5,11,13-14,16H2,1-3H3,(H,28,32). The Morgan fingerprint density at radius 1 is 1.12 bits per heavy atom. The van der Waals surface area contributed by atoms with Crippen LogP contribution in [0.3, 0.4) is 0 Å². The third kappa shape index (κ3) is 5.13. The number of carbonyl (C=O) groups excluding carboxylic acids is 2. The summed E-state index contributed by atoms with van der Waals surface area (Å²) in [5.41, 5.74) is 6.07. The van der Waals surface area contributed by atoms with Crippen molar-refractivity contribution in [2.75, 3.05) is 16.8 Å². The lowest BCUT2D eigenvalue weighted by Gasteiger charge is -2.17. The van der Waals surface area contributed by atoms with Crippen LogP contribution in [0.25, 0.3) is 0 Å². The molecule has 1 aliphatic heterocycles. The second-order valence-electron chi connectivity index (χ2n) is 8.66. The predicted molar refractivity (Wildman–Crippen MR) is 127 cm³/mol. The SMILES string of the molecule is Cc1ccc(Cn2nc(C)c(CCC(=O)Nc3ccc(N4CCCC4=O)c(F)c3)c2C)cc1. The van der Waals surface area contributed by atoms with Crippen LogP contribution in [0.2, 0.25) is 0 Å². The predicted octanol–water partition coefficient (Wildman–Crippen LogP) is 4.69. The molecule has 3 aromatic rings. The van der Waals surface area contributed by atoms with Crippen LogP contribution in [-0.2, 0) is 22.6 Å². The highest BCUT2D eigenvalue weighted by Gasteiger charge is 2.24. The highest BCUT2D eigenvalue weighted by molar-refractivity contribution is 5.96. The van der Waals surface area contributed by atoms with Crippen molar-refractivity contribution >= 4 is 23.2 Å². The average molecular weight is 449 g/mol. The van der Waals surface area contributed by atoms with Gasteiger partial charge < -0.3 is 10.2 Å². The largest absolute Gasteiger partial charge is 0.326 e. The Balaban J connectivity index is 1.37. The first-order valence-electron chi connectivity index (χ1n) is 11.3. The molecule has 0 aliphatic carbocycles.